The highest BCUT2D eigenvalue weighted by molar-refractivity contribution is 7.91. The topological polar surface area (TPSA) is 87.6 Å². The van der Waals surface area contributed by atoms with Gasteiger partial charge in [-0.15, -0.1) is 0 Å². The van der Waals surface area contributed by atoms with Crippen LogP contribution in [-0.2, 0) is 16.3 Å². The first kappa shape index (κ1) is 15.8. The van der Waals surface area contributed by atoms with Gasteiger partial charge in [0.1, 0.15) is 5.82 Å². The molecule has 0 saturated carbocycles. The number of rotatable bonds is 5. The molecular weight excluding hydrogens is 292 g/mol. The molecule has 0 aromatic carbocycles. The summed E-state index contributed by atoms with van der Waals surface area (Å²) >= 11 is 0. The maximum Gasteiger partial charge on any atom is 0.335 e. The van der Waals surface area contributed by atoms with Crippen LogP contribution in [0.3, 0.4) is 0 Å². The van der Waals surface area contributed by atoms with Gasteiger partial charge in [0.2, 0.25) is 0 Å². The molecule has 0 aliphatic carbocycles. The van der Waals surface area contributed by atoms with Gasteiger partial charge in [-0.05, 0) is 25.0 Å². The van der Waals surface area contributed by atoms with Gasteiger partial charge in [-0.25, -0.2) is 18.2 Å². The van der Waals surface area contributed by atoms with Gasteiger partial charge in [0.25, 0.3) is 0 Å². The quantitative estimate of drug-likeness (QED) is 0.883. The third-order valence-corrected chi connectivity index (χ3v) is 5.49. The number of aromatic carboxylic acids is 1. The predicted molar refractivity (Wildman–Crippen MR) is 80.7 cm³/mol. The molecule has 1 saturated heterocycles. The van der Waals surface area contributed by atoms with Crippen molar-refractivity contribution < 1.29 is 18.3 Å². The van der Waals surface area contributed by atoms with Crippen molar-refractivity contribution in [3.63, 3.8) is 0 Å². The van der Waals surface area contributed by atoms with Gasteiger partial charge in [0.05, 0.1) is 17.1 Å². The maximum absolute atomic E-state index is 11.6. The van der Waals surface area contributed by atoms with Gasteiger partial charge in [-0.2, -0.15) is 0 Å². The standard InChI is InChI=1S/C14H20N2O4S/c1-3-4-11-7-10(14(17)18)8-13(15-11)16(2)12-5-6-21(19,20)9-12/h7-8,12H,3-6,9H2,1-2H3,(H,17,18). The largest absolute Gasteiger partial charge is 0.478 e. The molecule has 0 radical (unpaired) electrons. The average Bonchev–Trinajstić information content (AvgIpc) is 2.78. The normalized spacial score (nSPS) is 20.4. The average molecular weight is 312 g/mol. The highest BCUT2D eigenvalue weighted by Crippen LogP contribution is 2.23. The molecule has 2 rings (SSSR count). The molecule has 1 atom stereocenters. The number of carboxylic acid groups (broad SMARTS) is 1. The van der Waals surface area contributed by atoms with Crippen molar-refractivity contribution >= 4 is 21.6 Å². The summed E-state index contributed by atoms with van der Waals surface area (Å²) in [6.07, 6.45) is 2.13. The summed E-state index contributed by atoms with van der Waals surface area (Å²) in [5, 5.41) is 9.19. The van der Waals surface area contributed by atoms with E-state index in [9.17, 15) is 18.3 Å². The minimum atomic E-state index is -2.98. The fourth-order valence-electron chi connectivity index (χ4n) is 2.53. The maximum atomic E-state index is 11.6. The minimum absolute atomic E-state index is 0.103. The van der Waals surface area contributed by atoms with Gasteiger partial charge in [-0.3, -0.25) is 0 Å². The van der Waals surface area contributed by atoms with Crippen LogP contribution in [0, 0.1) is 0 Å². The van der Waals surface area contributed by atoms with Gasteiger partial charge in [0.15, 0.2) is 9.84 Å². The monoisotopic (exact) mass is 312 g/mol. The molecule has 0 bridgehead atoms. The van der Waals surface area contributed by atoms with E-state index in [0.29, 0.717) is 18.7 Å². The summed E-state index contributed by atoms with van der Waals surface area (Å²) < 4.78 is 23.2. The van der Waals surface area contributed by atoms with E-state index in [1.165, 1.54) is 6.07 Å². The number of anilines is 1. The zero-order valence-corrected chi connectivity index (χ0v) is 13.1. The Morgan fingerprint density at radius 2 is 2.19 bits per heavy atom. The highest BCUT2D eigenvalue weighted by atomic mass is 32.2. The lowest BCUT2D eigenvalue weighted by atomic mass is 10.1. The van der Waals surface area contributed by atoms with E-state index >= 15 is 0 Å². The first-order chi connectivity index (χ1) is 9.82. The summed E-state index contributed by atoms with van der Waals surface area (Å²) in [6, 6.07) is 2.95. The third-order valence-electron chi connectivity index (χ3n) is 3.74. The van der Waals surface area contributed by atoms with Crippen molar-refractivity contribution in [2.24, 2.45) is 0 Å². The molecule has 1 aliphatic heterocycles. The van der Waals surface area contributed by atoms with E-state index in [1.807, 2.05) is 6.92 Å². The van der Waals surface area contributed by atoms with E-state index in [2.05, 4.69) is 4.98 Å². The summed E-state index contributed by atoms with van der Waals surface area (Å²) in [6.45, 7) is 2.00. The molecule has 116 valence electrons. The molecule has 0 amide bonds. The van der Waals surface area contributed by atoms with Crippen molar-refractivity contribution in [3.05, 3.63) is 23.4 Å². The lowest BCUT2D eigenvalue weighted by Gasteiger charge is -2.25. The fraction of sp³-hybridized carbons (Fsp3) is 0.571. The van der Waals surface area contributed by atoms with Gasteiger partial charge >= 0.3 is 5.97 Å². The number of nitrogens with zero attached hydrogens (tertiary/aromatic N) is 2. The number of aromatic nitrogens is 1. The van der Waals surface area contributed by atoms with E-state index in [1.54, 1.807) is 18.0 Å². The van der Waals surface area contributed by atoms with Crippen molar-refractivity contribution in [1.82, 2.24) is 4.98 Å². The number of carboxylic acids is 1. The summed E-state index contributed by atoms with van der Waals surface area (Å²) in [5.74, 6) is -0.183. The van der Waals surface area contributed by atoms with Crippen LogP contribution in [0.5, 0.6) is 0 Å². The molecular formula is C14H20N2O4S. The lowest BCUT2D eigenvalue weighted by Crippen LogP contribution is -2.33. The second-order valence-electron chi connectivity index (χ2n) is 5.43. The van der Waals surface area contributed by atoms with E-state index in [4.69, 9.17) is 0 Å². The Morgan fingerprint density at radius 3 is 2.71 bits per heavy atom. The molecule has 1 aliphatic rings. The van der Waals surface area contributed by atoms with Crippen LogP contribution in [0.25, 0.3) is 0 Å². The van der Waals surface area contributed by atoms with Gasteiger partial charge < -0.3 is 10.0 Å². The van der Waals surface area contributed by atoms with E-state index < -0.39 is 15.8 Å². The van der Waals surface area contributed by atoms with Gasteiger partial charge in [-0.1, -0.05) is 13.3 Å². The molecule has 1 aromatic heterocycles. The first-order valence-electron chi connectivity index (χ1n) is 7.00. The van der Waals surface area contributed by atoms with Crippen molar-refractivity contribution in [2.45, 2.75) is 32.2 Å². The Kier molecular flexibility index (Phi) is 4.51. The third kappa shape index (κ3) is 3.72. The van der Waals surface area contributed by atoms with Crippen LogP contribution in [0.4, 0.5) is 5.82 Å². The number of hydrogen-bond acceptors (Lipinski definition) is 5. The fourth-order valence-corrected chi connectivity index (χ4v) is 4.30. The van der Waals surface area contributed by atoms with Crippen LogP contribution in [0.15, 0.2) is 12.1 Å². The molecule has 2 heterocycles. The molecule has 21 heavy (non-hydrogen) atoms. The Balaban J connectivity index is 2.31. The molecule has 1 aromatic rings. The number of sulfone groups is 1. The Bertz CT molecular complexity index is 642. The Morgan fingerprint density at radius 1 is 1.48 bits per heavy atom. The number of carbonyl (C=O) groups is 1. The van der Waals surface area contributed by atoms with Crippen LogP contribution in [0.2, 0.25) is 0 Å². The number of hydrogen-bond donors (Lipinski definition) is 1. The van der Waals surface area contributed by atoms with Crippen molar-refractivity contribution in [2.75, 3.05) is 23.5 Å². The number of pyridine rings is 1. The first-order valence-corrected chi connectivity index (χ1v) is 8.82. The van der Waals surface area contributed by atoms with Crippen LogP contribution in [0.1, 0.15) is 35.8 Å². The van der Waals surface area contributed by atoms with Crippen LogP contribution < -0.4 is 4.90 Å². The highest BCUT2D eigenvalue weighted by Gasteiger charge is 2.31. The molecule has 1 unspecified atom stereocenters. The number of aryl methyl sites for hydroxylation is 1. The van der Waals surface area contributed by atoms with E-state index in [-0.39, 0.29) is 23.1 Å². The second-order valence-corrected chi connectivity index (χ2v) is 7.66. The smallest absolute Gasteiger partial charge is 0.335 e. The van der Waals surface area contributed by atoms with E-state index in [0.717, 1.165) is 12.1 Å². The molecule has 1 N–H and O–H groups in total. The molecule has 6 nitrogen and oxygen atoms in total. The summed E-state index contributed by atoms with van der Waals surface area (Å²) in [7, 11) is -1.21. The molecule has 7 heteroatoms. The Labute approximate surface area is 124 Å². The van der Waals surface area contributed by atoms with Crippen LogP contribution in [-0.4, -0.2) is 49.1 Å². The zero-order valence-electron chi connectivity index (χ0n) is 12.2. The zero-order chi connectivity index (χ0) is 15.6. The molecule has 1 fully saturated rings. The SMILES string of the molecule is CCCc1cc(C(=O)O)cc(N(C)C2CCS(=O)(=O)C2)n1. The predicted octanol–water partition coefficient (Wildman–Crippen LogP) is 1.36. The lowest BCUT2D eigenvalue weighted by molar-refractivity contribution is 0.0696. The van der Waals surface area contributed by atoms with Crippen molar-refractivity contribution in [3.8, 4) is 0 Å². The van der Waals surface area contributed by atoms with Gasteiger partial charge in [0, 0.05) is 18.8 Å². The summed E-state index contributed by atoms with van der Waals surface area (Å²) in [4.78, 5) is 17.5. The second kappa shape index (κ2) is 6.01. The van der Waals surface area contributed by atoms with Crippen LogP contribution >= 0.6 is 0 Å². The minimum Gasteiger partial charge on any atom is -0.478 e. The Hall–Kier alpha value is -1.63. The summed E-state index contributed by atoms with van der Waals surface area (Å²) in [5.41, 5.74) is 0.913. The molecule has 0 spiro atoms. The van der Waals surface area contributed by atoms with Crippen molar-refractivity contribution in [1.29, 1.82) is 0 Å².